The van der Waals surface area contributed by atoms with Crippen LogP contribution >= 0.6 is 0 Å². The van der Waals surface area contributed by atoms with Gasteiger partial charge >= 0.3 is 0 Å². The number of nitrogens with zero attached hydrogens (tertiary/aromatic N) is 1. The van der Waals surface area contributed by atoms with E-state index in [0.717, 1.165) is 66.8 Å². The van der Waals surface area contributed by atoms with Crippen molar-refractivity contribution in [3.8, 4) is 0 Å². The van der Waals surface area contributed by atoms with Crippen LogP contribution in [0.15, 0.2) is 46.8 Å². The zero-order chi connectivity index (χ0) is 23.3. The molecule has 0 N–H and O–H groups in total. The Morgan fingerprint density at radius 1 is 0.906 bits per heavy atom. The fourth-order valence-electron chi connectivity index (χ4n) is 5.86. The number of benzene rings is 1. The Labute approximate surface area is 191 Å². The smallest absolute Gasteiger partial charge is 0.162 e. The average Bonchev–Trinajstić information content (AvgIpc) is 2.66. The molecule has 3 nitrogen and oxygen atoms in total. The first kappa shape index (κ1) is 22.9. The van der Waals surface area contributed by atoms with Crippen molar-refractivity contribution in [3.05, 3.63) is 58.2 Å². The van der Waals surface area contributed by atoms with E-state index in [9.17, 15) is 14.0 Å². The van der Waals surface area contributed by atoms with Crippen LogP contribution in [0.3, 0.4) is 0 Å². The van der Waals surface area contributed by atoms with Crippen LogP contribution in [0.2, 0.25) is 0 Å². The van der Waals surface area contributed by atoms with Gasteiger partial charge in [-0.2, -0.15) is 0 Å². The standard InChI is InChI=1S/C28H36FNO2/c1-6-7-8-12-30-20-14-27(2,3)16-22(31)25(20)24(18-10-9-11-19(29)13-18)26-21(30)15-28(4,5)17-23(26)32/h9-11,13,24H,6-8,12,14-17H2,1-5H3. The Balaban J connectivity index is 1.95. The molecule has 1 heterocycles. The molecule has 1 aliphatic heterocycles. The highest BCUT2D eigenvalue weighted by Crippen LogP contribution is 2.54. The third kappa shape index (κ3) is 4.21. The minimum atomic E-state index is -0.453. The van der Waals surface area contributed by atoms with Crippen LogP contribution in [-0.2, 0) is 9.59 Å². The Morgan fingerprint density at radius 3 is 1.97 bits per heavy atom. The summed E-state index contributed by atoms with van der Waals surface area (Å²) >= 11 is 0. The van der Waals surface area contributed by atoms with Crippen LogP contribution in [0.4, 0.5) is 4.39 Å². The van der Waals surface area contributed by atoms with E-state index in [-0.39, 0.29) is 28.2 Å². The van der Waals surface area contributed by atoms with Crippen LogP contribution in [0.1, 0.15) is 91.0 Å². The highest BCUT2D eigenvalue weighted by Gasteiger charge is 2.48. The number of hydrogen-bond acceptors (Lipinski definition) is 3. The summed E-state index contributed by atoms with van der Waals surface area (Å²) < 4.78 is 14.3. The zero-order valence-corrected chi connectivity index (χ0v) is 20.2. The summed E-state index contributed by atoms with van der Waals surface area (Å²) in [6.45, 7) is 11.6. The second-order valence-electron chi connectivity index (χ2n) is 11.4. The highest BCUT2D eigenvalue weighted by atomic mass is 19.1. The van der Waals surface area contributed by atoms with Gasteiger partial charge in [0.15, 0.2) is 11.6 Å². The van der Waals surface area contributed by atoms with E-state index in [1.54, 1.807) is 6.07 Å². The van der Waals surface area contributed by atoms with E-state index >= 15 is 0 Å². The maximum atomic E-state index is 14.3. The Hall–Kier alpha value is -2.23. The summed E-state index contributed by atoms with van der Waals surface area (Å²) in [6, 6.07) is 6.49. The highest BCUT2D eigenvalue weighted by molar-refractivity contribution is 6.06. The van der Waals surface area contributed by atoms with Crippen LogP contribution < -0.4 is 0 Å². The number of Topliss-reactive ketones (excluding diaryl/α,β-unsaturated/α-hetero) is 2. The number of halogens is 1. The van der Waals surface area contributed by atoms with Crippen LogP contribution in [0, 0.1) is 16.6 Å². The molecule has 1 aromatic carbocycles. The SMILES string of the molecule is CCCCCN1C2=C(C(=O)CC(C)(C)C2)C(c2cccc(F)c2)C2=C1CC(C)(C)CC2=O. The van der Waals surface area contributed by atoms with Crippen molar-refractivity contribution in [2.45, 2.75) is 85.5 Å². The van der Waals surface area contributed by atoms with E-state index in [1.165, 1.54) is 12.1 Å². The Kier molecular flexibility index (Phi) is 5.94. The molecule has 0 amide bonds. The first-order chi connectivity index (χ1) is 15.0. The molecule has 0 saturated carbocycles. The van der Waals surface area contributed by atoms with Gasteiger partial charge in [0.25, 0.3) is 0 Å². The number of allylic oxidation sites excluding steroid dienone is 4. The monoisotopic (exact) mass is 437 g/mol. The number of hydrogen-bond donors (Lipinski definition) is 0. The van der Waals surface area contributed by atoms with Crippen molar-refractivity contribution >= 4 is 11.6 Å². The predicted molar refractivity (Wildman–Crippen MR) is 125 cm³/mol. The molecule has 0 radical (unpaired) electrons. The van der Waals surface area contributed by atoms with Gasteiger partial charge in [-0.1, -0.05) is 59.6 Å². The van der Waals surface area contributed by atoms with Crippen molar-refractivity contribution in [3.63, 3.8) is 0 Å². The van der Waals surface area contributed by atoms with Gasteiger partial charge < -0.3 is 4.90 Å². The normalized spacial score (nSPS) is 22.9. The molecule has 0 atom stereocenters. The maximum Gasteiger partial charge on any atom is 0.162 e. The summed E-state index contributed by atoms with van der Waals surface area (Å²) in [4.78, 5) is 29.5. The number of carbonyl (C=O) groups excluding carboxylic acids is 2. The summed E-state index contributed by atoms with van der Waals surface area (Å²) in [5.74, 6) is -0.569. The predicted octanol–water partition coefficient (Wildman–Crippen LogP) is 6.70. The molecule has 32 heavy (non-hydrogen) atoms. The Bertz CT molecular complexity index is 960. The molecular weight excluding hydrogens is 401 g/mol. The molecule has 0 bridgehead atoms. The molecule has 0 saturated heterocycles. The van der Waals surface area contributed by atoms with Crippen molar-refractivity contribution in [1.82, 2.24) is 4.90 Å². The molecule has 0 unspecified atom stereocenters. The fourth-order valence-corrected chi connectivity index (χ4v) is 5.86. The second-order valence-corrected chi connectivity index (χ2v) is 11.4. The Morgan fingerprint density at radius 2 is 1.47 bits per heavy atom. The largest absolute Gasteiger partial charge is 0.348 e. The lowest BCUT2D eigenvalue weighted by Gasteiger charge is -2.49. The fraction of sp³-hybridized carbons (Fsp3) is 0.571. The van der Waals surface area contributed by atoms with Gasteiger partial charge in [0.05, 0.1) is 0 Å². The summed E-state index contributed by atoms with van der Waals surface area (Å²) in [7, 11) is 0. The molecular formula is C28H36FNO2. The topological polar surface area (TPSA) is 37.4 Å². The summed E-state index contributed by atoms with van der Waals surface area (Å²) in [6.07, 6.45) is 5.79. The quantitative estimate of drug-likeness (QED) is 0.481. The average molecular weight is 438 g/mol. The lowest BCUT2D eigenvalue weighted by Crippen LogP contribution is -2.44. The molecule has 4 heteroatoms. The van der Waals surface area contributed by atoms with E-state index in [2.05, 4.69) is 39.5 Å². The molecule has 172 valence electrons. The van der Waals surface area contributed by atoms with E-state index < -0.39 is 5.92 Å². The zero-order valence-electron chi connectivity index (χ0n) is 20.2. The van der Waals surface area contributed by atoms with Crippen molar-refractivity contribution in [2.24, 2.45) is 10.8 Å². The maximum absolute atomic E-state index is 14.3. The van der Waals surface area contributed by atoms with Crippen LogP contribution in [-0.4, -0.2) is 23.0 Å². The van der Waals surface area contributed by atoms with Gasteiger partial charge in [-0.15, -0.1) is 0 Å². The van der Waals surface area contributed by atoms with E-state index in [1.807, 2.05) is 6.07 Å². The van der Waals surface area contributed by atoms with Gasteiger partial charge in [-0.3, -0.25) is 9.59 Å². The minimum Gasteiger partial charge on any atom is -0.348 e. The number of unbranched alkanes of at least 4 members (excludes halogenated alkanes) is 2. The molecule has 0 spiro atoms. The lowest BCUT2D eigenvalue weighted by atomic mass is 9.63. The molecule has 4 rings (SSSR count). The third-order valence-corrected chi connectivity index (χ3v) is 7.19. The molecule has 0 aromatic heterocycles. The molecule has 1 aromatic rings. The minimum absolute atomic E-state index is 0.107. The summed E-state index contributed by atoms with van der Waals surface area (Å²) in [5.41, 5.74) is 4.08. The molecule has 0 fully saturated rings. The first-order valence-corrected chi connectivity index (χ1v) is 12.1. The van der Waals surface area contributed by atoms with Gasteiger partial charge in [-0.05, 0) is 47.8 Å². The first-order valence-electron chi connectivity index (χ1n) is 12.1. The van der Waals surface area contributed by atoms with E-state index in [0.29, 0.717) is 12.8 Å². The van der Waals surface area contributed by atoms with Crippen molar-refractivity contribution < 1.29 is 14.0 Å². The van der Waals surface area contributed by atoms with Crippen molar-refractivity contribution in [1.29, 1.82) is 0 Å². The number of carbonyl (C=O) groups is 2. The number of rotatable bonds is 5. The van der Waals surface area contributed by atoms with Gasteiger partial charge in [0, 0.05) is 47.8 Å². The summed E-state index contributed by atoms with van der Waals surface area (Å²) in [5, 5.41) is 0. The van der Waals surface area contributed by atoms with Crippen LogP contribution in [0.5, 0.6) is 0 Å². The van der Waals surface area contributed by atoms with Gasteiger partial charge in [-0.25, -0.2) is 4.39 Å². The second kappa shape index (κ2) is 8.28. The van der Waals surface area contributed by atoms with Gasteiger partial charge in [0.1, 0.15) is 5.82 Å². The van der Waals surface area contributed by atoms with E-state index in [4.69, 9.17) is 0 Å². The molecule has 2 aliphatic carbocycles. The number of ketones is 2. The van der Waals surface area contributed by atoms with Gasteiger partial charge in [0.2, 0.25) is 0 Å². The third-order valence-electron chi connectivity index (χ3n) is 7.19. The lowest BCUT2D eigenvalue weighted by molar-refractivity contribution is -0.119. The van der Waals surface area contributed by atoms with Crippen LogP contribution in [0.25, 0.3) is 0 Å². The van der Waals surface area contributed by atoms with Crippen molar-refractivity contribution in [2.75, 3.05) is 6.54 Å². The molecule has 3 aliphatic rings.